The highest BCUT2D eigenvalue weighted by Crippen LogP contribution is 2.16. The number of carboxylic acids is 1. The van der Waals surface area contributed by atoms with E-state index in [1.807, 2.05) is 0 Å². The number of hydrogen-bond donors (Lipinski definition) is 1. The molecule has 0 aliphatic rings. The van der Waals surface area contributed by atoms with Crippen LogP contribution < -0.4 is 0 Å². The third-order valence-corrected chi connectivity index (χ3v) is 5.96. The number of benzene rings is 1. The number of carbonyl (C=O) groups excluding carboxylic acids is 1. The Bertz CT molecular complexity index is 653. The minimum Gasteiger partial charge on any atom is -0.478 e. The summed E-state index contributed by atoms with van der Waals surface area (Å²) < 4.78 is 5.49. The first-order chi connectivity index (χ1) is 15.6. The van der Waals surface area contributed by atoms with Gasteiger partial charge in [-0.05, 0) is 31.0 Å². The predicted octanol–water partition coefficient (Wildman–Crippen LogP) is 8.36. The Hall–Kier alpha value is -2.10. The number of carbonyl (C=O) groups is 2. The molecule has 180 valence electrons. The zero-order valence-corrected chi connectivity index (χ0v) is 20.2. The van der Waals surface area contributed by atoms with E-state index in [1.54, 1.807) is 18.2 Å². The minimum atomic E-state index is -1.06. The lowest BCUT2D eigenvalue weighted by Gasteiger charge is -2.14. The molecule has 0 fully saturated rings. The van der Waals surface area contributed by atoms with Crippen LogP contribution in [0.5, 0.6) is 0 Å². The molecule has 0 bridgehead atoms. The Kier molecular flexibility index (Phi) is 16.1. The van der Waals surface area contributed by atoms with Crippen LogP contribution in [-0.4, -0.2) is 23.1 Å². The number of rotatable bonds is 20. The molecule has 4 nitrogen and oxygen atoms in total. The van der Waals surface area contributed by atoms with Crippen molar-refractivity contribution in [3.63, 3.8) is 0 Å². The summed E-state index contributed by atoms with van der Waals surface area (Å²) in [6.45, 7) is 6.04. The molecule has 1 unspecified atom stereocenters. The number of esters is 1. The zero-order chi connectivity index (χ0) is 23.4. The van der Waals surface area contributed by atoms with Crippen LogP contribution in [0.4, 0.5) is 0 Å². The van der Waals surface area contributed by atoms with E-state index < -0.39 is 11.9 Å². The van der Waals surface area contributed by atoms with Gasteiger partial charge in [0.2, 0.25) is 0 Å². The summed E-state index contributed by atoms with van der Waals surface area (Å²) in [6.07, 6.45) is 21.9. The second kappa shape index (κ2) is 18.5. The minimum absolute atomic E-state index is 0.0806. The van der Waals surface area contributed by atoms with E-state index >= 15 is 0 Å². The van der Waals surface area contributed by atoms with E-state index in [0.717, 1.165) is 19.3 Å². The van der Waals surface area contributed by atoms with Crippen molar-refractivity contribution in [2.75, 3.05) is 0 Å². The maximum absolute atomic E-state index is 12.3. The molecular formula is C28H44O4. The van der Waals surface area contributed by atoms with Crippen molar-refractivity contribution >= 4 is 11.9 Å². The fraction of sp³-hybridized carbons (Fsp3) is 0.643. The third kappa shape index (κ3) is 13.3. The van der Waals surface area contributed by atoms with Crippen LogP contribution in [0.1, 0.15) is 130 Å². The fourth-order valence-corrected chi connectivity index (χ4v) is 3.93. The molecule has 32 heavy (non-hydrogen) atoms. The molecular weight excluding hydrogens is 400 g/mol. The molecule has 0 saturated carbocycles. The molecule has 0 aliphatic heterocycles. The molecule has 1 aromatic rings. The molecule has 1 rings (SSSR count). The van der Waals surface area contributed by atoms with Crippen molar-refractivity contribution in [2.45, 2.75) is 116 Å². The summed E-state index contributed by atoms with van der Waals surface area (Å²) in [5.41, 5.74) is 0.338. The summed E-state index contributed by atoms with van der Waals surface area (Å²) in [5, 5.41) is 9.05. The van der Waals surface area contributed by atoms with Crippen molar-refractivity contribution in [3.05, 3.63) is 48.0 Å². The Labute approximate surface area is 195 Å². The molecule has 0 aromatic heterocycles. The molecule has 0 saturated heterocycles. The van der Waals surface area contributed by atoms with Gasteiger partial charge >= 0.3 is 11.9 Å². The molecule has 1 aromatic carbocycles. The van der Waals surface area contributed by atoms with Crippen LogP contribution in [0.2, 0.25) is 0 Å². The van der Waals surface area contributed by atoms with Crippen LogP contribution in [0.3, 0.4) is 0 Å². The van der Waals surface area contributed by atoms with Crippen LogP contribution >= 0.6 is 0 Å². The Morgan fingerprint density at radius 1 is 0.844 bits per heavy atom. The Morgan fingerprint density at radius 3 is 1.78 bits per heavy atom. The zero-order valence-electron chi connectivity index (χ0n) is 20.2. The molecule has 0 spiro atoms. The predicted molar refractivity (Wildman–Crippen MR) is 132 cm³/mol. The topological polar surface area (TPSA) is 63.6 Å². The first-order valence-corrected chi connectivity index (χ1v) is 12.7. The van der Waals surface area contributed by atoms with Crippen molar-refractivity contribution in [1.29, 1.82) is 0 Å². The maximum Gasteiger partial charge on any atom is 0.338 e. The van der Waals surface area contributed by atoms with Crippen LogP contribution in [0.15, 0.2) is 36.9 Å². The molecule has 0 heterocycles. The van der Waals surface area contributed by atoms with Gasteiger partial charge in [-0.15, -0.1) is 0 Å². The van der Waals surface area contributed by atoms with Gasteiger partial charge in [-0.1, -0.05) is 116 Å². The smallest absolute Gasteiger partial charge is 0.338 e. The molecule has 1 N–H and O–H groups in total. The van der Waals surface area contributed by atoms with E-state index in [2.05, 4.69) is 13.5 Å². The number of carboxylic acid groups (broad SMARTS) is 1. The molecule has 1 atom stereocenters. The van der Waals surface area contributed by atoms with Gasteiger partial charge in [0.25, 0.3) is 0 Å². The second-order valence-electron chi connectivity index (χ2n) is 8.80. The average molecular weight is 445 g/mol. The van der Waals surface area contributed by atoms with Crippen molar-refractivity contribution in [1.82, 2.24) is 0 Å². The summed E-state index contributed by atoms with van der Waals surface area (Å²) in [5.74, 6) is -1.56. The Morgan fingerprint density at radius 2 is 1.31 bits per heavy atom. The maximum atomic E-state index is 12.3. The second-order valence-corrected chi connectivity index (χ2v) is 8.80. The number of ether oxygens (including phenoxy) is 1. The van der Waals surface area contributed by atoms with E-state index in [-0.39, 0.29) is 17.2 Å². The van der Waals surface area contributed by atoms with Gasteiger partial charge in [0.05, 0.1) is 11.1 Å². The van der Waals surface area contributed by atoms with E-state index in [9.17, 15) is 9.59 Å². The summed E-state index contributed by atoms with van der Waals surface area (Å²) in [7, 11) is 0. The molecule has 0 aliphatic carbocycles. The summed E-state index contributed by atoms with van der Waals surface area (Å²) >= 11 is 0. The van der Waals surface area contributed by atoms with Gasteiger partial charge in [0, 0.05) is 0 Å². The van der Waals surface area contributed by atoms with Gasteiger partial charge in [0.1, 0.15) is 6.10 Å². The van der Waals surface area contributed by atoms with Crippen molar-refractivity contribution in [2.24, 2.45) is 0 Å². The first-order valence-electron chi connectivity index (χ1n) is 12.7. The Balaban J connectivity index is 2.03. The number of aromatic carboxylic acids is 1. The van der Waals surface area contributed by atoms with Crippen LogP contribution in [0, 0.1) is 0 Å². The van der Waals surface area contributed by atoms with Gasteiger partial charge in [-0.2, -0.15) is 0 Å². The number of unbranched alkanes of at least 4 members (excludes halogenated alkanes) is 14. The highest BCUT2D eigenvalue weighted by Gasteiger charge is 2.15. The lowest BCUT2D eigenvalue weighted by molar-refractivity contribution is 0.0376. The van der Waals surface area contributed by atoms with Crippen LogP contribution in [-0.2, 0) is 4.74 Å². The quantitative estimate of drug-likeness (QED) is 0.125. The van der Waals surface area contributed by atoms with Gasteiger partial charge in [-0.25, -0.2) is 9.59 Å². The van der Waals surface area contributed by atoms with Crippen LogP contribution in [0.25, 0.3) is 0 Å². The van der Waals surface area contributed by atoms with E-state index in [4.69, 9.17) is 9.84 Å². The van der Waals surface area contributed by atoms with E-state index in [1.165, 1.54) is 95.6 Å². The number of hydrogen-bond acceptors (Lipinski definition) is 3. The highest BCUT2D eigenvalue weighted by atomic mass is 16.5. The monoisotopic (exact) mass is 444 g/mol. The lowest BCUT2D eigenvalue weighted by Crippen LogP contribution is -2.16. The summed E-state index contributed by atoms with van der Waals surface area (Å²) in [4.78, 5) is 23.3. The van der Waals surface area contributed by atoms with Crippen molar-refractivity contribution in [3.8, 4) is 0 Å². The molecule has 0 radical (unpaired) electrons. The fourth-order valence-electron chi connectivity index (χ4n) is 3.93. The summed E-state index contributed by atoms with van der Waals surface area (Å²) in [6, 6.07) is 5.93. The third-order valence-electron chi connectivity index (χ3n) is 5.96. The van der Waals surface area contributed by atoms with E-state index in [0.29, 0.717) is 0 Å². The molecule has 4 heteroatoms. The first kappa shape index (κ1) is 27.9. The van der Waals surface area contributed by atoms with Crippen molar-refractivity contribution < 1.29 is 19.4 Å². The van der Waals surface area contributed by atoms with Gasteiger partial charge < -0.3 is 9.84 Å². The largest absolute Gasteiger partial charge is 0.478 e. The highest BCUT2D eigenvalue weighted by molar-refractivity contribution is 5.94. The average Bonchev–Trinajstić information content (AvgIpc) is 2.80. The van der Waals surface area contributed by atoms with Gasteiger partial charge in [0.15, 0.2) is 0 Å². The molecule has 0 amide bonds. The SMILES string of the molecule is C=CC(CCCCCCCCCCCCCCCCC)OC(=O)c1cccc(C(=O)O)c1. The standard InChI is InChI=1S/C28H44O4/c1-3-5-6-7-8-9-10-11-12-13-14-15-16-17-18-22-26(4-2)32-28(31)25-21-19-20-24(23-25)27(29)30/h4,19-21,23,26H,2-3,5-18,22H2,1H3,(H,29,30). The lowest BCUT2D eigenvalue weighted by atomic mass is 10.0. The van der Waals surface area contributed by atoms with Gasteiger partial charge in [-0.3, -0.25) is 0 Å². The normalized spacial score (nSPS) is 11.8.